The van der Waals surface area contributed by atoms with Crippen LogP contribution in [0.5, 0.6) is 5.75 Å². The van der Waals surface area contributed by atoms with Crippen LogP contribution in [0.2, 0.25) is 0 Å². The number of thioether (sulfide) groups is 1. The molecule has 0 fully saturated rings. The first-order valence-electron chi connectivity index (χ1n) is 2.51. The molecule has 1 aromatic heterocycles. The maximum Gasteiger partial charge on any atom is 0.147 e. The van der Waals surface area contributed by atoms with Crippen molar-refractivity contribution in [2.45, 2.75) is 4.90 Å². The second-order valence-electron chi connectivity index (χ2n) is 1.55. The van der Waals surface area contributed by atoms with Crippen molar-refractivity contribution in [1.82, 2.24) is 4.98 Å². The molecule has 0 bridgehead atoms. The molecule has 3 heteroatoms. The van der Waals surface area contributed by atoms with Crippen molar-refractivity contribution in [1.29, 1.82) is 0 Å². The van der Waals surface area contributed by atoms with Crippen LogP contribution in [0.1, 0.15) is 0 Å². The fraction of sp³-hybridized carbons (Fsp3) is 0.167. The minimum atomic E-state index is 0.255. The summed E-state index contributed by atoms with van der Waals surface area (Å²) in [6.07, 6.45) is 5.01. The molecule has 0 aliphatic rings. The van der Waals surface area contributed by atoms with Crippen LogP contribution < -0.4 is 0 Å². The van der Waals surface area contributed by atoms with E-state index in [1.807, 2.05) is 6.26 Å². The van der Waals surface area contributed by atoms with Gasteiger partial charge in [-0.25, -0.2) is 0 Å². The van der Waals surface area contributed by atoms with E-state index in [1.165, 1.54) is 18.0 Å². The van der Waals surface area contributed by atoms with Gasteiger partial charge in [-0.15, -0.1) is 11.8 Å². The van der Waals surface area contributed by atoms with Crippen LogP contribution >= 0.6 is 11.8 Å². The van der Waals surface area contributed by atoms with Crippen molar-refractivity contribution in [3.8, 4) is 5.75 Å². The van der Waals surface area contributed by atoms with Crippen LogP contribution in [-0.4, -0.2) is 16.3 Å². The van der Waals surface area contributed by atoms with E-state index in [4.69, 9.17) is 5.11 Å². The second kappa shape index (κ2) is 2.73. The Labute approximate surface area is 57.9 Å². The number of hydrogen-bond donors (Lipinski definition) is 1. The van der Waals surface area contributed by atoms with E-state index < -0.39 is 0 Å². The van der Waals surface area contributed by atoms with Crippen LogP contribution in [0.3, 0.4) is 0 Å². The molecule has 1 heterocycles. The van der Waals surface area contributed by atoms with Gasteiger partial charge < -0.3 is 5.11 Å². The molecule has 1 aromatic rings. The molecule has 0 saturated carbocycles. The lowest BCUT2D eigenvalue weighted by atomic mass is 10.5. The van der Waals surface area contributed by atoms with Gasteiger partial charge in [-0.3, -0.25) is 4.98 Å². The average molecular weight is 141 g/mol. The minimum absolute atomic E-state index is 0.255. The summed E-state index contributed by atoms with van der Waals surface area (Å²) in [5.41, 5.74) is 0. The van der Waals surface area contributed by atoms with E-state index in [1.54, 1.807) is 12.3 Å². The highest BCUT2D eigenvalue weighted by atomic mass is 32.2. The number of aromatic nitrogens is 1. The molecule has 1 N–H and O–H groups in total. The molecule has 0 aliphatic carbocycles. The maximum atomic E-state index is 9.03. The molecule has 2 nitrogen and oxygen atoms in total. The van der Waals surface area contributed by atoms with Crippen molar-refractivity contribution >= 4 is 11.8 Å². The van der Waals surface area contributed by atoms with E-state index in [2.05, 4.69) is 4.98 Å². The summed E-state index contributed by atoms with van der Waals surface area (Å²) in [6, 6.07) is 1.78. The van der Waals surface area contributed by atoms with Gasteiger partial charge in [0.05, 0.1) is 11.1 Å². The zero-order chi connectivity index (χ0) is 6.69. The Morgan fingerprint density at radius 1 is 1.67 bits per heavy atom. The summed E-state index contributed by atoms with van der Waals surface area (Å²) in [5, 5.41) is 9.03. The normalized spacial score (nSPS) is 9.44. The molecule has 48 valence electrons. The highest BCUT2D eigenvalue weighted by molar-refractivity contribution is 7.98. The Morgan fingerprint density at radius 2 is 2.44 bits per heavy atom. The second-order valence-corrected chi connectivity index (χ2v) is 2.40. The van der Waals surface area contributed by atoms with E-state index in [9.17, 15) is 0 Å². The summed E-state index contributed by atoms with van der Waals surface area (Å²) in [7, 11) is 0. The predicted octanol–water partition coefficient (Wildman–Crippen LogP) is 1.51. The van der Waals surface area contributed by atoms with Crippen LogP contribution in [-0.2, 0) is 0 Å². The van der Waals surface area contributed by atoms with Crippen molar-refractivity contribution in [2.24, 2.45) is 0 Å². The van der Waals surface area contributed by atoms with Crippen LogP contribution in [0.4, 0.5) is 0 Å². The first kappa shape index (κ1) is 6.42. The van der Waals surface area contributed by atoms with E-state index in [0.717, 1.165) is 4.90 Å². The van der Waals surface area contributed by atoms with E-state index in [0.29, 0.717) is 0 Å². The Kier molecular flexibility index (Phi) is 1.95. The standard InChI is InChI=1S/C6H7NOS/c1-9-6-2-3-7-4-5(6)8/h2-4,8H,1H3. The molecule has 0 saturated heterocycles. The van der Waals surface area contributed by atoms with Crippen molar-refractivity contribution in [3.63, 3.8) is 0 Å². The third kappa shape index (κ3) is 1.36. The maximum absolute atomic E-state index is 9.03. The highest BCUT2D eigenvalue weighted by Crippen LogP contribution is 2.23. The molecule has 0 unspecified atom stereocenters. The summed E-state index contributed by atoms with van der Waals surface area (Å²) >= 11 is 1.51. The zero-order valence-electron chi connectivity index (χ0n) is 5.03. The SMILES string of the molecule is CSc1ccncc1O. The smallest absolute Gasteiger partial charge is 0.147 e. The molecule has 0 aliphatic heterocycles. The van der Waals surface area contributed by atoms with Gasteiger partial charge in [-0.1, -0.05) is 0 Å². The van der Waals surface area contributed by atoms with Crippen LogP contribution in [0, 0.1) is 0 Å². The average Bonchev–Trinajstić information content (AvgIpc) is 1.89. The fourth-order valence-electron chi connectivity index (χ4n) is 0.546. The number of pyridine rings is 1. The predicted molar refractivity (Wildman–Crippen MR) is 37.7 cm³/mol. The third-order valence-corrected chi connectivity index (χ3v) is 1.77. The molecular weight excluding hydrogens is 134 g/mol. The van der Waals surface area contributed by atoms with Gasteiger partial charge in [0.15, 0.2) is 0 Å². The van der Waals surface area contributed by atoms with E-state index >= 15 is 0 Å². The van der Waals surface area contributed by atoms with Gasteiger partial charge in [-0.05, 0) is 12.3 Å². The first-order chi connectivity index (χ1) is 4.34. The highest BCUT2D eigenvalue weighted by Gasteiger charge is 1.94. The number of rotatable bonds is 1. The van der Waals surface area contributed by atoms with Gasteiger partial charge in [0.1, 0.15) is 5.75 Å². The number of hydrogen-bond acceptors (Lipinski definition) is 3. The molecular formula is C6H7NOS. The van der Waals surface area contributed by atoms with E-state index in [-0.39, 0.29) is 5.75 Å². The van der Waals surface area contributed by atoms with Crippen LogP contribution in [0.15, 0.2) is 23.4 Å². The van der Waals surface area contributed by atoms with Gasteiger partial charge in [0, 0.05) is 6.20 Å². The fourth-order valence-corrected chi connectivity index (χ4v) is 1.00. The topological polar surface area (TPSA) is 33.1 Å². The molecule has 9 heavy (non-hydrogen) atoms. The van der Waals surface area contributed by atoms with Gasteiger partial charge in [0.2, 0.25) is 0 Å². The molecule has 0 radical (unpaired) electrons. The summed E-state index contributed by atoms with van der Waals surface area (Å²) in [6.45, 7) is 0. The van der Waals surface area contributed by atoms with Gasteiger partial charge in [-0.2, -0.15) is 0 Å². The van der Waals surface area contributed by atoms with Crippen LogP contribution in [0.25, 0.3) is 0 Å². The Balaban J connectivity index is 3.01. The van der Waals surface area contributed by atoms with Crippen molar-refractivity contribution < 1.29 is 5.11 Å². The monoisotopic (exact) mass is 141 g/mol. The minimum Gasteiger partial charge on any atom is -0.505 e. The Hall–Kier alpha value is -0.700. The summed E-state index contributed by atoms with van der Waals surface area (Å²) in [4.78, 5) is 4.60. The Morgan fingerprint density at radius 3 is 2.89 bits per heavy atom. The quantitative estimate of drug-likeness (QED) is 0.602. The number of nitrogens with zero attached hydrogens (tertiary/aromatic N) is 1. The molecule has 1 rings (SSSR count). The summed E-state index contributed by atoms with van der Waals surface area (Å²) < 4.78 is 0. The van der Waals surface area contributed by atoms with Crippen molar-refractivity contribution in [3.05, 3.63) is 18.5 Å². The van der Waals surface area contributed by atoms with Crippen molar-refractivity contribution in [2.75, 3.05) is 6.26 Å². The van der Waals surface area contributed by atoms with Gasteiger partial charge in [0.25, 0.3) is 0 Å². The Bertz CT molecular complexity index is 202. The lowest BCUT2D eigenvalue weighted by Gasteiger charge is -1.95. The lowest BCUT2D eigenvalue weighted by Crippen LogP contribution is -1.73. The first-order valence-corrected chi connectivity index (χ1v) is 3.74. The number of aromatic hydroxyl groups is 1. The summed E-state index contributed by atoms with van der Waals surface area (Å²) in [5.74, 6) is 0.255. The molecule has 0 spiro atoms. The largest absolute Gasteiger partial charge is 0.505 e. The van der Waals surface area contributed by atoms with Gasteiger partial charge >= 0.3 is 0 Å². The molecule has 0 aromatic carbocycles. The lowest BCUT2D eigenvalue weighted by molar-refractivity contribution is 0.459. The third-order valence-electron chi connectivity index (χ3n) is 0.981. The molecule has 0 atom stereocenters. The zero-order valence-corrected chi connectivity index (χ0v) is 5.85. The molecule has 0 amide bonds.